The molecule has 0 saturated heterocycles. The molecule has 5 aromatic carbocycles. The molecule has 0 aliphatic rings. The fraction of sp³-hybridized carbons (Fsp3) is 0.0606. The summed E-state index contributed by atoms with van der Waals surface area (Å²) in [5.41, 5.74) is 2.43. The van der Waals surface area contributed by atoms with E-state index in [-0.39, 0.29) is 10.7 Å². The molecule has 47 heavy (non-hydrogen) atoms. The molecule has 5 aromatic rings. The van der Waals surface area contributed by atoms with Crippen molar-refractivity contribution in [2.24, 2.45) is 0 Å². The van der Waals surface area contributed by atoms with Gasteiger partial charge in [-0.1, -0.05) is 78.1 Å². The standard InChI is InChI=1S/C33H23F3O2S2.F6P/c1-38-24-17-20-30(40-31-14-8-6-12-28(31)33(34,35)36)27(21-24)22-15-18-25(19-16-22)39-29-13-7-5-11-26(29)32(37)23-9-3-2-4-10-23;1-7(2,3,4,5)6/h2-21H,1H3;/q;-1/p+1. The average Bonchev–Trinajstić information content (AvgIpc) is 3.00. The van der Waals surface area contributed by atoms with Crippen LogP contribution in [0.4, 0.5) is 38.4 Å². The number of ketones is 1. The molecular weight excluding hydrogens is 694 g/mol. The van der Waals surface area contributed by atoms with E-state index >= 15 is 0 Å². The Labute approximate surface area is 272 Å². The summed E-state index contributed by atoms with van der Waals surface area (Å²) >= 11 is 2.60. The monoisotopic (exact) mass is 718 g/mol. The van der Waals surface area contributed by atoms with E-state index in [2.05, 4.69) is 0 Å². The Hall–Kier alpha value is -3.93. The fourth-order valence-corrected chi connectivity index (χ4v) is 6.24. The van der Waals surface area contributed by atoms with Crippen LogP contribution >= 0.6 is 31.3 Å². The summed E-state index contributed by atoms with van der Waals surface area (Å²) < 4.78 is 106. The molecule has 2 nitrogen and oxygen atoms in total. The van der Waals surface area contributed by atoms with Gasteiger partial charge >= 0.3 is 44.9 Å². The van der Waals surface area contributed by atoms with E-state index in [4.69, 9.17) is 4.74 Å². The van der Waals surface area contributed by atoms with E-state index in [1.807, 2.05) is 84.9 Å². The number of rotatable bonds is 8. The van der Waals surface area contributed by atoms with Crippen molar-refractivity contribution in [2.45, 2.75) is 25.8 Å². The van der Waals surface area contributed by atoms with E-state index in [0.29, 0.717) is 10.6 Å². The Morgan fingerprint density at radius 3 is 1.79 bits per heavy atom. The number of hydrogen-bond donors (Lipinski definition) is 0. The van der Waals surface area contributed by atoms with Crippen LogP contribution in [-0.4, -0.2) is 17.7 Å². The van der Waals surface area contributed by atoms with Gasteiger partial charge in [0.2, 0.25) is 0 Å². The van der Waals surface area contributed by atoms with Crippen molar-refractivity contribution in [3.8, 4) is 16.9 Å². The van der Waals surface area contributed by atoms with Crippen molar-refractivity contribution in [2.75, 3.05) is 7.11 Å². The van der Waals surface area contributed by atoms with Crippen LogP contribution in [0.1, 0.15) is 16.7 Å². The van der Waals surface area contributed by atoms with Gasteiger partial charge in [0.05, 0.1) is 23.8 Å². The van der Waals surface area contributed by atoms with Crippen molar-refractivity contribution >= 4 is 37.1 Å². The molecule has 1 N–H and O–H groups in total. The van der Waals surface area contributed by atoms with Gasteiger partial charge in [-0.05, 0) is 77.9 Å². The van der Waals surface area contributed by atoms with Gasteiger partial charge in [0.1, 0.15) is 5.75 Å². The molecule has 0 aliphatic carbocycles. The van der Waals surface area contributed by atoms with Crippen LogP contribution in [0.25, 0.3) is 11.1 Å². The van der Waals surface area contributed by atoms with Gasteiger partial charge in [0.25, 0.3) is 0 Å². The molecule has 0 saturated carbocycles. The molecule has 0 aromatic heterocycles. The predicted molar refractivity (Wildman–Crippen MR) is 170 cm³/mol. The summed E-state index contributed by atoms with van der Waals surface area (Å²) in [4.78, 5) is 13.6. The first-order valence-corrected chi connectivity index (χ1v) is 17.0. The number of carbonyl (C=O) groups excluding carboxylic acids is 1. The minimum absolute atomic E-state index is 0.139. The number of benzene rings is 5. The molecule has 248 valence electrons. The van der Waals surface area contributed by atoms with E-state index in [1.165, 1.54) is 23.9 Å². The van der Waals surface area contributed by atoms with Gasteiger partial charge in [-0.2, -0.15) is 13.2 Å². The Bertz CT molecular complexity index is 1850. The van der Waals surface area contributed by atoms with Crippen molar-refractivity contribution in [3.05, 3.63) is 138 Å². The van der Waals surface area contributed by atoms with Crippen LogP contribution in [-0.2, 0) is 6.18 Å². The Morgan fingerprint density at radius 2 is 1.19 bits per heavy atom. The van der Waals surface area contributed by atoms with E-state index in [1.54, 1.807) is 25.3 Å². The van der Waals surface area contributed by atoms with Crippen molar-refractivity contribution in [3.63, 3.8) is 0 Å². The summed E-state index contributed by atoms with van der Waals surface area (Å²) in [6.45, 7) is 0. The number of ether oxygens (including phenoxy) is 1. The fourth-order valence-electron chi connectivity index (χ4n) is 4.19. The maximum atomic E-state index is 13.6. The quantitative estimate of drug-likeness (QED) is 0.0693. The zero-order valence-corrected chi connectivity index (χ0v) is 26.6. The molecule has 0 spiro atoms. The molecule has 0 fully saturated rings. The van der Waals surface area contributed by atoms with Gasteiger partial charge in [0.15, 0.2) is 0 Å². The zero-order valence-electron chi connectivity index (χ0n) is 24.1. The van der Waals surface area contributed by atoms with Crippen LogP contribution < -0.4 is 4.74 Å². The number of methoxy groups -OCH3 is 1. The molecule has 0 aliphatic heterocycles. The molecule has 0 unspecified atom stereocenters. The Kier molecular flexibility index (Phi) is 10.2. The summed E-state index contributed by atoms with van der Waals surface area (Å²) in [7, 11) is -9.10. The molecule has 0 bridgehead atoms. The molecule has 0 heterocycles. The van der Waals surface area contributed by atoms with Crippen LogP contribution in [0.15, 0.2) is 141 Å². The summed E-state index contributed by atoms with van der Waals surface area (Å²) in [5.74, 6) is 0.820. The minimum atomic E-state index is -10.7. The SMILES string of the molecule is COc1ccc(Sc2ccccc2C(F)(F)F)c(-c2ccc(Sc3ccccc3C(=[OH+])c3ccccc3)cc2)c1.F[P-](F)(F)(F)(F)F. The van der Waals surface area contributed by atoms with Crippen LogP contribution in [0.2, 0.25) is 0 Å². The van der Waals surface area contributed by atoms with E-state index < -0.39 is 19.5 Å². The third kappa shape index (κ3) is 11.4. The number of halogens is 9. The topological polar surface area (TPSA) is 30.6 Å². The van der Waals surface area contributed by atoms with Gasteiger partial charge in [-0.25, -0.2) is 0 Å². The van der Waals surface area contributed by atoms with Crippen molar-refractivity contribution in [1.82, 2.24) is 0 Å². The average molecular weight is 719 g/mol. The molecule has 0 atom stereocenters. The second kappa shape index (κ2) is 13.3. The van der Waals surface area contributed by atoms with Crippen LogP contribution in [0.3, 0.4) is 0 Å². The van der Waals surface area contributed by atoms with Gasteiger partial charge in [0, 0.05) is 19.6 Å². The molecule has 14 heteroatoms. The van der Waals surface area contributed by atoms with Gasteiger partial charge in [-0.15, -0.1) is 0 Å². The third-order valence-corrected chi connectivity index (χ3v) is 8.42. The number of hydrogen-bond acceptors (Lipinski definition) is 3. The van der Waals surface area contributed by atoms with Gasteiger partial charge < -0.3 is 4.74 Å². The first kappa shape index (κ1) is 35.9. The van der Waals surface area contributed by atoms with Crippen LogP contribution in [0.5, 0.6) is 5.75 Å². The second-order valence-corrected chi connectivity index (χ2v) is 13.9. The Morgan fingerprint density at radius 1 is 0.638 bits per heavy atom. The zero-order chi connectivity index (χ0) is 34.5. The molecule has 0 amide bonds. The molecular formula is C33H24F9O2PS2. The van der Waals surface area contributed by atoms with Crippen LogP contribution in [0, 0.1) is 0 Å². The molecule has 5 rings (SSSR count). The summed E-state index contributed by atoms with van der Waals surface area (Å²) in [6, 6.07) is 35.8. The number of alkyl halides is 3. The summed E-state index contributed by atoms with van der Waals surface area (Å²) in [5, 5.41) is 0. The molecule has 0 radical (unpaired) electrons. The van der Waals surface area contributed by atoms with Crippen molar-refractivity contribution in [1.29, 1.82) is 0 Å². The third-order valence-electron chi connectivity index (χ3n) is 6.18. The van der Waals surface area contributed by atoms with E-state index in [9.17, 15) is 43.1 Å². The maximum absolute atomic E-state index is 13.6. The Balaban J connectivity index is 0.000000644. The predicted octanol–water partition coefficient (Wildman–Crippen LogP) is 13.0. The van der Waals surface area contributed by atoms with Crippen molar-refractivity contribution < 1.29 is 47.9 Å². The summed E-state index contributed by atoms with van der Waals surface area (Å²) in [6.07, 6.45) is -4.45. The van der Waals surface area contributed by atoms with Gasteiger partial charge in [-0.3, -0.25) is 4.79 Å². The normalized spacial score (nSPS) is 13.1. The van der Waals surface area contributed by atoms with E-state index in [0.717, 1.165) is 49.9 Å². The first-order valence-electron chi connectivity index (χ1n) is 13.4. The second-order valence-electron chi connectivity index (χ2n) is 9.75. The first-order chi connectivity index (χ1) is 21.8.